The Balaban J connectivity index is 1.99. The lowest BCUT2D eigenvalue weighted by molar-refractivity contribution is -0.123. The number of anilines is 1. The Hall–Kier alpha value is -2.72. The van der Waals surface area contributed by atoms with Gasteiger partial charge in [-0.1, -0.05) is 38.6 Å². The Morgan fingerprint density at radius 2 is 2.09 bits per heavy atom. The molecule has 0 bridgehead atoms. The fraction of sp³-hybridized carbons (Fsp3) is 0.417. The number of nitrogens with one attached hydrogen (secondary N) is 2. The van der Waals surface area contributed by atoms with Gasteiger partial charge < -0.3 is 19.6 Å². The summed E-state index contributed by atoms with van der Waals surface area (Å²) < 4.78 is 55.4. The zero-order valence-electron chi connectivity index (χ0n) is 19.5. The van der Waals surface area contributed by atoms with Crippen LogP contribution in [0.2, 0.25) is 0 Å². The lowest BCUT2D eigenvalue weighted by Crippen LogP contribution is -2.49. The molecule has 0 saturated carbocycles. The molecule has 1 amide bonds. The van der Waals surface area contributed by atoms with Crippen LogP contribution in [0.3, 0.4) is 0 Å². The quantitative estimate of drug-likeness (QED) is 0.332. The molecule has 0 unspecified atom stereocenters. The standard InChI is InChI=1S/C24H29F4N4OSi/c1-15(2)23(33)29-11-6-7-17-13-19-18(22(30-17)16(3)24(25,26)27)8-5-9-20(19)31-21-10-12-32(4)14-34(21)28/h5-9,13,15,21,31H,3,10-12,14H2,1-2,4H3,(H,29,33)/b7-6+/t21-/m0/s1. The van der Waals surface area contributed by atoms with Gasteiger partial charge in [-0.25, -0.2) is 4.98 Å². The van der Waals surface area contributed by atoms with E-state index >= 15 is 0 Å². The average Bonchev–Trinajstić information content (AvgIpc) is 2.77. The second kappa shape index (κ2) is 10.7. The lowest BCUT2D eigenvalue weighted by Gasteiger charge is -2.31. The molecule has 0 aliphatic carbocycles. The molecule has 1 aliphatic heterocycles. The van der Waals surface area contributed by atoms with Gasteiger partial charge in [0, 0.05) is 35.1 Å². The normalized spacial score (nSPS) is 18.1. The topological polar surface area (TPSA) is 57.3 Å². The average molecular weight is 494 g/mol. The third-order valence-electron chi connectivity index (χ3n) is 5.66. The molecular formula is C24H29F4N4OSi. The van der Waals surface area contributed by atoms with Crippen LogP contribution in [0.15, 0.2) is 36.9 Å². The molecule has 34 heavy (non-hydrogen) atoms. The van der Waals surface area contributed by atoms with E-state index in [9.17, 15) is 22.1 Å². The maximum atomic E-state index is 14.7. The second-order valence-electron chi connectivity index (χ2n) is 8.75. The first-order valence-electron chi connectivity index (χ1n) is 11.1. The molecule has 5 nitrogen and oxygen atoms in total. The molecule has 3 rings (SSSR count). The van der Waals surface area contributed by atoms with Crippen LogP contribution in [0.25, 0.3) is 22.4 Å². The summed E-state index contributed by atoms with van der Waals surface area (Å²) in [5.41, 5.74) is -0.815. The summed E-state index contributed by atoms with van der Waals surface area (Å²) in [4.78, 5) is 17.9. The van der Waals surface area contributed by atoms with Crippen LogP contribution >= 0.6 is 0 Å². The van der Waals surface area contributed by atoms with Gasteiger partial charge in [0.1, 0.15) is 0 Å². The first-order valence-corrected chi connectivity index (χ1v) is 12.7. The molecule has 0 spiro atoms. The van der Waals surface area contributed by atoms with Gasteiger partial charge in [0.05, 0.1) is 22.6 Å². The first-order chi connectivity index (χ1) is 16.0. The molecule has 1 aromatic carbocycles. The number of carbonyl (C=O) groups is 1. The maximum absolute atomic E-state index is 14.7. The van der Waals surface area contributed by atoms with Crippen LogP contribution in [0.5, 0.6) is 0 Å². The Morgan fingerprint density at radius 1 is 1.35 bits per heavy atom. The molecule has 1 saturated heterocycles. The van der Waals surface area contributed by atoms with E-state index in [1.807, 2.05) is 11.9 Å². The van der Waals surface area contributed by atoms with Crippen LogP contribution < -0.4 is 10.6 Å². The van der Waals surface area contributed by atoms with Gasteiger partial charge in [-0.05, 0) is 38.2 Å². The molecule has 1 radical (unpaired) electrons. The number of pyridine rings is 1. The van der Waals surface area contributed by atoms with Crippen molar-refractivity contribution in [2.45, 2.75) is 32.1 Å². The van der Waals surface area contributed by atoms with E-state index < -0.39 is 20.9 Å². The summed E-state index contributed by atoms with van der Waals surface area (Å²) in [6.07, 6.45) is -0.456. The van der Waals surface area contributed by atoms with Gasteiger partial charge in [-0.15, -0.1) is 0 Å². The number of aromatic nitrogens is 1. The van der Waals surface area contributed by atoms with E-state index in [4.69, 9.17) is 0 Å². The number of hydrogen-bond donors (Lipinski definition) is 2. The number of allylic oxidation sites excluding steroid dienone is 1. The van der Waals surface area contributed by atoms with E-state index in [1.165, 1.54) is 0 Å². The SMILES string of the molecule is C=C(c1nc(/C=C/CNC(=O)C(C)C)cc2c(N[C@@H]3CCN(C)C[Si]3F)cccc12)C(F)(F)F. The van der Waals surface area contributed by atoms with Crippen molar-refractivity contribution in [2.24, 2.45) is 5.92 Å². The van der Waals surface area contributed by atoms with E-state index in [0.717, 1.165) is 6.54 Å². The van der Waals surface area contributed by atoms with Gasteiger partial charge in [-0.3, -0.25) is 4.79 Å². The number of fused-ring (bicyclic) bond motifs is 1. The minimum Gasteiger partial charge on any atom is -0.382 e. The van der Waals surface area contributed by atoms with Crippen molar-refractivity contribution in [2.75, 3.05) is 31.6 Å². The highest BCUT2D eigenvalue weighted by Gasteiger charge is 2.35. The fourth-order valence-electron chi connectivity index (χ4n) is 3.71. The summed E-state index contributed by atoms with van der Waals surface area (Å²) >= 11 is 0. The number of amides is 1. The van der Waals surface area contributed by atoms with E-state index in [-0.39, 0.29) is 40.8 Å². The number of nitrogens with zero attached hydrogens (tertiary/aromatic N) is 2. The van der Waals surface area contributed by atoms with Gasteiger partial charge in [-0.2, -0.15) is 13.2 Å². The number of carbonyl (C=O) groups excluding carboxylic acids is 1. The Bertz CT molecular complexity index is 1090. The molecule has 1 aromatic heterocycles. The van der Waals surface area contributed by atoms with Crippen molar-refractivity contribution in [1.82, 2.24) is 15.2 Å². The minimum absolute atomic E-state index is 0.129. The molecule has 2 N–H and O–H groups in total. The maximum Gasteiger partial charge on any atom is 0.417 e. The van der Waals surface area contributed by atoms with Gasteiger partial charge in [0.25, 0.3) is 0 Å². The minimum atomic E-state index is -4.65. The van der Waals surface area contributed by atoms with Crippen molar-refractivity contribution < 1.29 is 22.1 Å². The molecule has 2 aromatic rings. The predicted molar refractivity (Wildman–Crippen MR) is 130 cm³/mol. The fourth-order valence-corrected chi connectivity index (χ4v) is 5.36. The summed E-state index contributed by atoms with van der Waals surface area (Å²) in [6, 6.07) is 6.61. The van der Waals surface area contributed by atoms with Gasteiger partial charge >= 0.3 is 15.3 Å². The highest BCUT2D eigenvalue weighted by atomic mass is 28.3. The molecule has 2 heterocycles. The molecule has 183 valence electrons. The van der Waals surface area contributed by atoms with Crippen LogP contribution in [-0.2, 0) is 4.79 Å². The molecule has 1 aliphatic rings. The van der Waals surface area contributed by atoms with Crippen LogP contribution in [0, 0.1) is 5.92 Å². The highest BCUT2D eigenvalue weighted by molar-refractivity contribution is 6.54. The molecular weight excluding hydrogens is 464 g/mol. The first kappa shape index (κ1) is 25.9. The molecule has 1 fully saturated rings. The molecule has 1 atom stereocenters. The summed E-state index contributed by atoms with van der Waals surface area (Å²) in [5.74, 6) is -0.306. The van der Waals surface area contributed by atoms with Crippen molar-refractivity contribution in [3.8, 4) is 0 Å². The number of benzene rings is 1. The third kappa shape index (κ3) is 6.23. The zero-order valence-corrected chi connectivity index (χ0v) is 20.5. The lowest BCUT2D eigenvalue weighted by atomic mass is 10.0. The Kier molecular flexibility index (Phi) is 8.14. The predicted octanol–water partition coefficient (Wildman–Crippen LogP) is 4.75. The van der Waals surface area contributed by atoms with Gasteiger partial charge in [0.2, 0.25) is 5.91 Å². The van der Waals surface area contributed by atoms with Crippen molar-refractivity contribution in [3.63, 3.8) is 0 Å². The number of halogens is 4. The van der Waals surface area contributed by atoms with E-state index in [0.29, 0.717) is 23.7 Å². The van der Waals surface area contributed by atoms with Gasteiger partial charge in [0.15, 0.2) is 0 Å². The van der Waals surface area contributed by atoms with Crippen LogP contribution in [0.1, 0.15) is 31.7 Å². The van der Waals surface area contributed by atoms with Crippen molar-refractivity contribution in [1.29, 1.82) is 0 Å². The zero-order chi connectivity index (χ0) is 25.0. The monoisotopic (exact) mass is 493 g/mol. The van der Waals surface area contributed by atoms with Crippen molar-refractivity contribution >= 4 is 43.1 Å². The largest absolute Gasteiger partial charge is 0.417 e. The summed E-state index contributed by atoms with van der Waals surface area (Å²) in [5, 5.41) is 6.77. The molecule has 10 heteroatoms. The summed E-state index contributed by atoms with van der Waals surface area (Å²) in [6.45, 7) is 7.74. The smallest absolute Gasteiger partial charge is 0.382 e. The highest BCUT2D eigenvalue weighted by Crippen LogP contribution is 2.37. The third-order valence-corrected chi connectivity index (χ3v) is 7.69. The number of alkyl halides is 3. The summed E-state index contributed by atoms with van der Waals surface area (Å²) in [7, 11) is -0.313. The Morgan fingerprint density at radius 3 is 2.74 bits per heavy atom. The number of hydrogen-bond acceptors (Lipinski definition) is 4. The second-order valence-corrected chi connectivity index (χ2v) is 10.7. The van der Waals surface area contributed by atoms with E-state index in [1.54, 1.807) is 50.3 Å². The van der Waals surface area contributed by atoms with E-state index in [2.05, 4.69) is 22.2 Å². The van der Waals surface area contributed by atoms with Crippen molar-refractivity contribution in [3.05, 3.63) is 48.3 Å². The number of rotatable bonds is 7. The van der Waals surface area contributed by atoms with Crippen LogP contribution in [-0.4, -0.2) is 63.1 Å². The Labute approximate surface area is 198 Å². The van der Waals surface area contributed by atoms with Crippen LogP contribution in [0.4, 0.5) is 23.0 Å².